The highest BCUT2D eigenvalue weighted by Crippen LogP contribution is 2.58. The molecule has 8 aromatic rings. The van der Waals surface area contributed by atoms with Crippen molar-refractivity contribution in [2.24, 2.45) is 0 Å². The van der Waals surface area contributed by atoms with Crippen LogP contribution >= 0.6 is 0 Å². The molecule has 2 heterocycles. The van der Waals surface area contributed by atoms with Crippen LogP contribution in [0.25, 0.3) is 43.9 Å². The summed E-state index contributed by atoms with van der Waals surface area (Å²) in [5, 5.41) is 3.90. The van der Waals surface area contributed by atoms with E-state index in [0.717, 1.165) is 38.8 Å². The van der Waals surface area contributed by atoms with Crippen molar-refractivity contribution >= 4 is 61.2 Å². The molecule has 45 heavy (non-hydrogen) atoms. The largest absolute Gasteiger partial charge is 0.465 e. The van der Waals surface area contributed by atoms with Crippen molar-refractivity contribution < 1.29 is 18.4 Å². The molecule has 0 unspecified atom stereocenters. The van der Waals surface area contributed by atoms with Crippen LogP contribution < -0.4 is 11.5 Å². The molecule has 0 saturated heterocycles. The summed E-state index contributed by atoms with van der Waals surface area (Å²) in [6.45, 7) is 0. The van der Waals surface area contributed by atoms with E-state index in [9.17, 15) is 4.79 Å². The van der Waals surface area contributed by atoms with Gasteiger partial charge in [-0.15, -0.1) is 0 Å². The Morgan fingerprint density at radius 1 is 0.578 bits per heavy atom. The number of fused-ring (bicyclic) bond motifs is 3. The van der Waals surface area contributed by atoms with Crippen LogP contribution in [0.5, 0.6) is 0 Å². The first-order chi connectivity index (χ1) is 22.0. The number of furan rings is 2. The number of hydrogen-bond donors (Lipinski definition) is 2. The molecule has 0 atom stereocenters. The van der Waals surface area contributed by atoms with E-state index in [0.29, 0.717) is 22.2 Å². The van der Waals surface area contributed by atoms with Gasteiger partial charge in [0, 0.05) is 38.5 Å². The first-order valence-electron chi connectivity index (χ1n) is 14.7. The first kappa shape index (κ1) is 26.6. The lowest BCUT2D eigenvalue weighted by molar-refractivity contribution is 0.0604. The van der Waals surface area contributed by atoms with E-state index in [1.165, 1.54) is 29.2 Å². The Balaban J connectivity index is 0.000000146. The molecule has 0 radical (unpaired) electrons. The van der Waals surface area contributed by atoms with E-state index in [1.807, 2.05) is 42.5 Å². The maximum atomic E-state index is 11.8. The number of ether oxygens (including phenoxy) is 1. The summed E-state index contributed by atoms with van der Waals surface area (Å²) in [5.74, 6) is -0.454. The maximum absolute atomic E-state index is 11.8. The van der Waals surface area contributed by atoms with Crippen LogP contribution in [-0.4, -0.2) is 13.1 Å². The SMILES string of the molecule is COC(=O)c1c(N)ccc2oc3ccccc3c12.Nc1ccc2oc3cccc4c3c2c1C4(c1ccccc1)c1ccccc1. The van der Waals surface area contributed by atoms with Gasteiger partial charge in [0.05, 0.1) is 18.1 Å². The van der Waals surface area contributed by atoms with Crippen molar-refractivity contribution in [2.75, 3.05) is 18.6 Å². The van der Waals surface area contributed by atoms with Crippen LogP contribution in [0.2, 0.25) is 0 Å². The molecule has 0 bridgehead atoms. The first-order valence-corrected chi connectivity index (χ1v) is 14.7. The minimum absolute atomic E-state index is 0.361. The third-order valence-electron chi connectivity index (χ3n) is 8.85. The van der Waals surface area contributed by atoms with Crippen molar-refractivity contribution in [3.05, 3.63) is 155 Å². The fourth-order valence-electron chi connectivity index (χ4n) is 7.07. The average molecular weight is 589 g/mol. The molecule has 0 spiro atoms. The smallest absolute Gasteiger partial charge is 0.340 e. The molecule has 1 aliphatic rings. The Labute approximate surface area is 258 Å². The summed E-state index contributed by atoms with van der Waals surface area (Å²) in [6.07, 6.45) is 0. The van der Waals surface area contributed by atoms with E-state index >= 15 is 0 Å². The van der Waals surface area contributed by atoms with Gasteiger partial charge in [0.25, 0.3) is 0 Å². The predicted octanol–water partition coefficient (Wildman–Crippen LogP) is 8.82. The lowest BCUT2D eigenvalue weighted by Crippen LogP contribution is -2.29. The Bertz CT molecular complexity index is 2370. The zero-order chi connectivity index (χ0) is 30.7. The maximum Gasteiger partial charge on any atom is 0.340 e. The number of carbonyl (C=O) groups excluding carboxylic acids is 1. The standard InChI is InChI=1S/C25H17NO.C14H11NO3/c26-19-14-15-21-23-22-18(12-7-13-20(22)27-21)25(24(19)23,16-8-3-1-4-9-16)17-10-5-2-6-11-17;1-17-14(16)13-9(15)6-7-11-12(13)8-4-2-3-5-10(8)18-11/h1-15H,26H2;2-7H,15H2,1H3. The number of nitrogen functional groups attached to an aromatic ring is 2. The Morgan fingerprint density at radius 2 is 1.13 bits per heavy atom. The van der Waals surface area contributed by atoms with Crippen LogP contribution in [0.4, 0.5) is 11.4 Å². The second-order valence-electron chi connectivity index (χ2n) is 11.2. The van der Waals surface area contributed by atoms with Gasteiger partial charge in [0.1, 0.15) is 22.3 Å². The molecule has 218 valence electrons. The zero-order valence-electron chi connectivity index (χ0n) is 24.4. The lowest BCUT2D eigenvalue weighted by Gasteiger charge is -2.35. The van der Waals surface area contributed by atoms with Crippen molar-refractivity contribution in [1.29, 1.82) is 0 Å². The molecule has 0 fully saturated rings. The topological polar surface area (TPSA) is 105 Å². The predicted molar refractivity (Wildman–Crippen MR) is 179 cm³/mol. The van der Waals surface area contributed by atoms with Gasteiger partial charge in [-0.25, -0.2) is 4.79 Å². The van der Waals surface area contributed by atoms with Gasteiger partial charge in [-0.05, 0) is 53.1 Å². The van der Waals surface area contributed by atoms with E-state index in [-0.39, 0.29) is 0 Å². The van der Waals surface area contributed by atoms with Crippen LogP contribution in [0.1, 0.15) is 32.6 Å². The van der Waals surface area contributed by atoms with Gasteiger partial charge in [0.2, 0.25) is 0 Å². The molecular formula is C39H28N2O4. The summed E-state index contributed by atoms with van der Waals surface area (Å²) < 4.78 is 16.6. The molecule has 0 amide bonds. The normalized spacial score (nSPS) is 13.0. The summed E-state index contributed by atoms with van der Waals surface area (Å²) in [7, 11) is 1.34. The minimum atomic E-state index is -0.454. The van der Waals surface area contributed by atoms with E-state index < -0.39 is 11.4 Å². The number of carbonyl (C=O) groups is 1. The highest BCUT2D eigenvalue weighted by atomic mass is 16.5. The third-order valence-corrected chi connectivity index (χ3v) is 8.85. The molecule has 2 aromatic heterocycles. The molecule has 6 aromatic carbocycles. The van der Waals surface area contributed by atoms with E-state index in [2.05, 4.69) is 72.8 Å². The summed E-state index contributed by atoms with van der Waals surface area (Å²) >= 11 is 0. The molecule has 4 N–H and O–H groups in total. The van der Waals surface area contributed by atoms with Crippen molar-refractivity contribution in [1.82, 2.24) is 0 Å². The van der Waals surface area contributed by atoms with E-state index in [1.54, 1.807) is 12.1 Å². The molecule has 1 aliphatic carbocycles. The van der Waals surface area contributed by atoms with Gasteiger partial charge in [-0.2, -0.15) is 0 Å². The fraction of sp³-hybridized carbons (Fsp3) is 0.0513. The monoisotopic (exact) mass is 588 g/mol. The Morgan fingerprint density at radius 3 is 1.82 bits per heavy atom. The average Bonchev–Trinajstić information content (AvgIpc) is 3.76. The summed E-state index contributed by atoms with van der Waals surface area (Å²) in [5.41, 5.74) is 21.6. The molecule has 0 aliphatic heterocycles. The number of hydrogen-bond acceptors (Lipinski definition) is 6. The minimum Gasteiger partial charge on any atom is -0.465 e. The number of nitrogens with two attached hydrogens (primary N) is 2. The molecule has 6 heteroatoms. The van der Waals surface area contributed by atoms with Gasteiger partial charge < -0.3 is 25.0 Å². The van der Waals surface area contributed by atoms with Crippen molar-refractivity contribution in [3.63, 3.8) is 0 Å². The zero-order valence-corrected chi connectivity index (χ0v) is 24.4. The number of benzene rings is 6. The second-order valence-corrected chi connectivity index (χ2v) is 11.2. The highest BCUT2D eigenvalue weighted by Gasteiger charge is 2.47. The fourth-order valence-corrected chi connectivity index (χ4v) is 7.07. The van der Waals surface area contributed by atoms with Gasteiger partial charge >= 0.3 is 5.97 Å². The van der Waals surface area contributed by atoms with Crippen LogP contribution in [0, 0.1) is 0 Å². The molecular weight excluding hydrogens is 560 g/mol. The number of anilines is 2. The van der Waals surface area contributed by atoms with Gasteiger partial charge in [-0.3, -0.25) is 0 Å². The van der Waals surface area contributed by atoms with Crippen molar-refractivity contribution in [3.8, 4) is 0 Å². The van der Waals surface area contributed by atoms with Gasteiger partial charge in [0.15, 0.2) is 0 Å². The third kappa shape index (κ3) is 3.72. The lowest BCUT2D eigenvalue weighted by atomic mass is 9.67. The summed E-state index contributed by atoms with van der Waals surface area (Å²) in [6, 6.07) is 42.6. The quantitative estimate of drug-likeness (QED) is 0.158. The summed E-state index contributed by atoms with van der Waals surface area (Å²) in [4.78, 5) is 11.8. The Kier molecular flexibility index (Phi) is 5.93. The number of rotatable bonds is 3. The highest BCUT2D eigenvalue weighted by molar-refractivity contribution is 6.18. The number of esters is 1. The number of para-hydroxylation sites is 1. The van der Waals surface area contributed by atoms with Crippen LogP contribution in [0.3, 0.4) is 0 Å². The van der Waals surface area contributed by atoms with E-state index in [4.69, 9.17) is 25.0 Å². The van der Waals surface area contributed by atoms with Crippen molar-refractivity contribution in [2.45, 2.75) is 5.41 Å². The Hall–Kier alpha value is -6.01. The molecule has 6 nitrogen and oxygen atoms in total. The van der Waals surface area contributed by atoms with Gasteiger partial charge in [-0.1, -0.05) is 91.0 Å². The molecule has 9 rings (SSSR count). The number of methoxy groups -OCH3 is 1. The van der Waals surface area contributed by atoms with Crippen LogP contribution in [0.15, 0.2) is 136 Å². The molecule has 0 saturated carbocycles. The van der Waals surface area contributed by atoms with Crippen LogP contribution in [-0.2, 0) is 10.2 Å². The second kappa shape index (κ2) is 10.0.